The number of amides is 2. The summed E-state index contributed by atoms with van der Waals surface area (Å²) in [4.78, 5) is 40.2. The first kappa shape index (κ1) is 21.1. The number of nitrogens with one attached hydrogen (secondary N) is 2. The predicted octanol–water partition coefficient (Wildman–Crippen LogP) is -0.164. The van der Waals surface area contributed by atoms with Gasteiger partial charge in [0.25, 0.3) is 5.56 Å². The molecular formula is C22H33N4O4+. The smallest absolute Gasteiger partial charge is 0.274 e. The summed E-state index contributed by atoms with van der Waals surface area (Å²) < 4.78 is 6.82. The van der Waals surface area contributed by atoms with Crippen molar-refractivity contribution in [2.45, 2.75) is 51.1 Å². The normalized spacial score (nSPS) is 26.2. The average Bonchev–Trinajstić information content (AvgIpc) is 2.74. The first-order chi connectivity index (χ1) is 14.5. The molecule has 2 amide bonds. The summed E-state index contributed by atoms with van der Waals surface area (Å²) in [6.45, 7) is 6.57. The van der Waals surface area contributed by atoms with Gasteiger partial charge in [0.1, 0.15) is 5.69 Å². The van der Waals surface area contributed by atoms with E-state index in [2.05, 4.69) is 5.32 Å². The highest BCUT2D eigenvalue weighted by Crippen LogP contribution is 2.31. The topological polar surface area (TPSA) is 85.1 Å². The minimum Gasteiger partial charge on any atom is -0.384 e. The molecular weight excluding hydrogens is 384 g/mol. The maximum atomic E-state index is 13.0. The highest BCUT2D eigenvalue weighted by molar-refractivity contribution is 5.90. The molecule has 1 aromatic heterocycles. The number of hydrogen-bond acceptors (Lipinski definition) is 4. The van der Waals surface area contributed by atoms with Crippen LogP contribution in [0.5, 0.6) is 0 Å². The van der Waals surface area contributed by atoms with Crippen molar-refractivity contribution in [3.05, 3.63) is 28.2 Å². The molecule has 4 rings (SSSR count). The Morgan fingerprint density at radius 3 is 2.70 bits per heavy atom. The fourth-order valence-electron chi connectivity index (χ4n) is 5.54. The standard InChI is InChI=1S/C22H32N4O4/c1-15(27)24-8-5-18(6-9-24)25-12-16-11-17(14-25)20-4-3-19(22(29)26(20)13-16)23-21(28)7-10-30-2/h3-4,16-18H,5-14H2,1-2H3,(H,23,28)/p+1/t16-,17+/m0/s1. The molecule has 3 aliphatic heterocycles. The number of anilines is 1. The van der Waals surface area contributed by atoms with Crippen molar-refractivity contribution in [2.24, 2.45) is 5.92 Å². The monoisotopic (exact) mass is 417 g/mol. The summed E-state index contributed by atoms with van der Waals surface area (Å²) >= 11 is 0. The Morgan fingerprint density at radius 2 is 2.00 bits per heavy atom. The molecule has 1 unspecified atom stereocenters. The lowest BCUT2D eigenvalue weighted by molar-refractivity contribution is -0.937. The number of fused-ring (bicyclic) bond motifs is 4. The molecule has 2 saturated heterocycles. The number of nitrogens with zero attached hydrogens (tertiary/aromatic N) is 2. The fraction of sp³-hybridized carbons (Fsp3) is 0.682. The van der Waals surface area contributed by atoms with Gasteiger partial charge in [0, 0.05) is 64.0 Å². The van der Waals surface area contributed by atoms with E-state index >= 15 is 0 Å². The average molecular weight is 418 g/mol. The number of pyridine rings is 1. The Balaban J connectivity index is 1.45. The lowest BCUT2D eigenvalue weighted by Crippen LogP contribution is -3.18. The van der Waals surface area contributed by atoms with Crippen LogP contribution in [-0.2, 0) is 20.9 Å². The quantitative estimate of drug-likeness (QED) is 0.697. The van der Waals surface area contributed by atoms with Gasteiger partial charge in [-0.25, -0.2) is 0 Å². The van der Waals surface area contributed by atoms with E-state index in [9.17, 15) is 14.4 Å². The predicted molar refractivity (Wildman–Crippen MR) is 113 cm³/mol. The van der Waals surface area contributed by atoms with Crippen molar-refractivity contribution >= 4 is 17.5 Å². The Bertz CT molecular complexity index is 859. The van der Waals surface area contributed by atoms with E-state index in [0.717, 1.165) is 57.7 Å². The summed E-state index contributed by atoms with van der Waals surface area (Å²) in [5.74, 6) is 0.842. The Labute approximate surface area is 177 Å². The number of quaternary nitrogens is 1. The highest BCUT2D eigenvalue weighted by Gasteiger charge is 2.41. The van der Waals surface area contributed by atoms with E-state index in [1.165, 1.54) is 0 Å². The molecule has 1 aromatic rings. The summed E-state index contributed by atoms with van der Waals surface area (Å²) in [6.07, 6.45) is 3.50. The van der Waals surface area contributed by atoms with Crippen LogP contribution in [0.15, 0.2) is 16.9 Å². The van der Waals surface area contributed by atoms with E-state index in [-0.39, 0.29) is 23.8 Å². The molecule has 164 valence electrons. The van der Waals surface area contributed by atoms with E-state index < -0.39 is 0 Å². The third kappa shape index (κ3) is 4.30. The maximum Gasteiger partial charge on any atom is 0.274 e. The van der Waals surface area contributed by atoms with Crippen molar-refractivity contribution in [3.63, 3.8) is 0 Å². The van der Waals surface area contributed by atoms with Gasteiger partial charge in [0.2, 0.25) is 11.8 Å². The second kappa shape index (κ2) is 8.89. The molecule has 8 heteroatoms. The van der Waals surface area contributed by atoms with Gasteiger partial charge in [-0.3, -0.25) is 14.4 Å². The molecule has 3 aliphatic rings. The zero-order valence-electron chi connectivity index (χ0n) is 18.0. The number of carbonyl (C=O) groups excluding carboxylic acids is 2. The number of rotatable bonds is 5. The second-order valence-electron chi connectivity index (χ2n) is 9.02. The molecule has 8 nitrogen and oxygen atoms in total. The SMILES string of the molecule is COCCC(=O)Nc1ccc2n(c1=O)C[C@H]1C[C@@H]2C[NH+](C2CCN(C(C)=O)CC2)C1. The van der Waals surface area contributed by atoms with Gasteiger partial charge in [-0.05, 0) is 18.6 Å². The Kier molecular flexibility index (Phi) is 6.24. The van der Waals surface area contributed by atoms with Crippen LogP contribution < -0.4 is 15.8 Å². The molecule has 0 saturated carbocycles. The fourth-order valence-corrected chi connectivity index (χ4v) is 5.54. The largest absolute Gasteiger partial charge is 0.384 e. The third-order valence-corrected chi connectivity index (χ3v) is 7.07. The third-order valence-electron chi connectivity index (χ3n) is 7.07. The Morgan fingerprint density at radius 1 is 1.23 bits per heavy atom. The highest BCUT2D eigenvalue weighted by atomic mass is 16.5. The Hall–Kier alpha value is -2.19. The van der Waals surface area contributed by atoms with Gasteiger partial charge in [0.05, 0.1) is 32.2 Å². The van der Waals surface area contributed by atoms with Crippen molar-refractivity contribution in [1.29, 1.82) is 0 Å². The first-order valence-corrected chi connectivity index (χ1v) is 11.1. The molecule has 0 radical (unpaired) electrons. The number of aromatic nitrogens is 1. The number of likely N-dealkylation sites (tertiary alicyclic amines) is 2. The van der Waals surface area contributed by atoms with Gasteiger partial charge < -0.3 is 24.4 Å². The van der Waals surface area contributed by atoms with Crippen molar-refractivity contribution in [1.82, 2.24) is 9.47 Å². The summed E-state index contributed by atoms with van der Waals surface area (Å²) in [5.41, 5.74) is 1.37. The number of carbonyl (C=O) groups is 2. The summed E-state index contributed by atoms with van der Waals surface area (Å²) in [6, 6.07) is 4.39. The molecule has 0 spiro atoms. The molecule has 3 atom stereocenters. The molecule has 2 N–H and O–H groups in total. The summed E-state index contributed by atoms with van der Waals surface area (Å²) in [5, 5.41) is 2.74. The molecule has 0 aromatic carbocycles. The molecule has 2 bridgehead atoms. The number of hydrogen-bond donors (Lipinski definition) is 2. The zero-order valence-corrected chi connectivity index (χ0v) is 18.0. The van der Waals surface area contributed by atoms with E-state index in [1.807, 2.05) is 15.5 Å². The van der Waals surface area contributed by atoms with E-state index in [1.54, 1.807) is 25.0 Å². The van der Waals surface area contributed by atoms with Crippen LogP contribution in [0.25, 0.3) is 0 Å². The van der Waals surface area contributed by atoms with Crippen LogP contribution in [0.2, 0.25) is 0 Å². The number of methoxy groups -OCH3 is 1. The minimum absolute atomic E-state index is 0.0915. The molecule has 2 fully saturated rings. The minimum atomic E-state index is -0.196. The second-order valence-corrected chi connectivity index (χ2v) is 9.02. The molecule has 4 heterocycles. The zero-order chi connectivity index (χ0) is 21.3. The maximum absolute atomic E-state index is 13.0. The van der Waals surface area contributed by atoms with E-state index in [4.69, 9.17) is 4.74 Å². The van der Waals surface area contributed by atoms with Crippen LogP contribution in [0.4, 0.5) is 5.69 Å². The van der Waals surface area contributed by atoms with Gasteiger partial charge >= 0.3 is 0 Å². The van der Waals surface area contributed by atoms with Gasteiger partial charge in [-0.2, -0.15) is 0 Å². The van der Waals surface area contributed by atoms with Crippen LogP contribution in [0.1, 0.15) is 44.2 Å². The van der Waals surface area contributed by atoms with Crippen molar-refractivity contribution in [2.75, 3.05) is 45.2 Å². The van der Waals surface area contributed by atoms with Crippen LogP contribution in [-0.4, -0.2) is 67.2 Å². The van der Waals surface area contributed by atoms with Crippen LogP contribution in [0.3, 0.4) is 0 Å². The number of piperidine rings is 2. The van der Waals surface area contributed by atoms with E-state index in [0.29, 0.717) is 30.2 Å². The number of ether oxygens (including phenoxy) is 1. The summed E-state index contributed by atoms with van der Waals surface area (Å²) in [7, 11) is 1.55. The lowest BCUT2D eigenvalue weighted by Gasteiger charge is -2.45. The first-order valence-electron chi connectivity index (χ1n) is 11.1. The lowest BCUT2D eigenvalue weighted by atomic mass is 9.82. The molecule has 0 aliphatic carbocycles. The van der Waals surface area contributed by atoms with Gasteiger partial charge in [-0.15, -0.1) is 0 Å². The van der Waals surface area contributed by atoms with Gasteiger partial charge in [-0.1, -0.05) is 0 Å². The van der Waals surface area contributed by atoms with Crippen LogP contribution in [0, 0.1) is 5.92 Å². The van der Waals surface area contributed by atoms with Crippen LogP contribution >= 0.6 is 0 Å². The molecule has 30 heavy (non-hydrogen) atoms. The van der Waals surface area contributed by atoms with Crippen molar-refractivity contribution < 1.29 is 19.2 Å². The van der Waals surface area contributed by atoms with Crippen molar-refractivity contribution in [3.8, 4) is 0 Å². The van der Waals surface area contributed by atoms with Gasteiger partial charge in [0.15, 0.2) is 0 Å².